The lowest BCUT2D eigenvalue weighted by molar-refractivity contribution is -0.384. The van der Waals surface area contributed by atoms with Gasteiger partial charge in [0.15, 0.2) is 0 Å². The number of hydrogen-bond donors (Lipinski definition) is 0. The van der Waals surface area contributed by atoms with E-state index < -0.39 is 4.92 Å². The Labute approximate surface area is 159 Å². The highest BCUT2D eigenvalue weighted by atomic mass is 16.6. The minimum Gasteiger partial charge on any atom is -0.310 e. The van der Waals surface area contributed by atoms with E-state index in [2.05, 4.69) is 30.1 Å². The molecule has 0 radical (unpaired) electrons. The predicted octanol–water partition coefficient (Wildman–Crippen LogP) is 3.61. The number of nitrogens with zero attached hydrogens (tertiary/aromatic N) is 3. The molecule has 6 heteroatoms. The third-order valence-electron chi connectivity index (χ3n) is 6.15. The van der Waals surface area contributed by atoms with Gasteiger partial charge in [-0.25, -0.2) is 0 Å². The van der Waals surface area contributed by atoms with Crippen molar-refractivity contribution in [2.45, 2.75) is 32.2 Å². The van der Waals surface area contributed by atoms with Gasteiger partial charge in [-0.2, -0.15) is 0 Å². The van der Waals surface area contributed by atoms with Crippen LogP contribution in [0.1, 0.15) is 36.5 Å². The number of carbonyl (C=O) groups is 1. The van der Waals surface area contributed by atoms with Gasteiger partial charge in [-0.15, -0.1) is 0 Å². The van der Waals surface area contributed by atoms with Crippen molar-refractivity contribution in [2.24, 2.45) is 11.8 Å². The summed E-state index contributed by atoms with van der Waals surface area (Å²) in [6.07, 6.45) is 9.89. The molecule has 6 nitrogen and oxygen atoms in total. The molecule has 1 amide bonds. The summed E-state index contributed by atoms with van der Waals surface area (Å²) in [6, 6.07) is 6.35. The van der Waals surface area contributed by atoms with E-state index in [0.29, 0.717) is 30.0 Å². The summed E-state index contributed by atoms with van der Waals surface area (Å²) in [5.74, 6) is 0.633. The summed E-state index contributed by atoms with van der Waals surface area (Å²) >= 11 is 0. The van der Waals surface area contributed by atoms with Gasteiger partial charge >= 0.3 is 0 Å². The van der Waals surface area contributed by atoms with Crippen LogP contribution in [0.3, 0.4) is 0 Å². The topological polar surface area (TPSA) is 66.7 Å². The monoisotopic (exact) mass is 367 g/mol. The van der Waals surface area contributed by atoms with Crippen molar-refractivity contribution in [3.8, 4) is 0 Å². The largest absolute Gasteiger partial charge is 0.310 e. The number of nitro benzene ring substituents is 1. The third kappa shape index (κ3) is 3.41. The van der Waals surface area contributed by atoms with Crippen LogP contribution in [0.5, 0.6) is 0 Å². The molecule has 4 rings (SSSR count). The van der Waals surface area contributed by atoms with Crippen LogP contribution < -0.4 is 0 Å². The molecule has 3 unspecified atom stereocenters. The molecule has 0 N–H and O–H groups in total. The van der Waals surface area contributed by atoms with Crippen molar-refractivity contribution in [1.29, 1.82) is 0 Å². The minimum absolute atomic E-state index is 0.00665. The molecule has 3 aliphatic rings. The number of benzene rings is 1. The Morgan fingerprint density at radius 2 is 1.96 bits per heavy atom. The summed E-state index contributed by atoms with van der Waals surface area (Å²) in [7, 11) is 0. The van der Waals surface area contributed by atoms with Crippen molar-refractivity contribution >= 4 is 11.6 Å². The zero-order valence-electron chi connectivity index (χ0n) is 15.6. The third-order valence-corrected chi connectivity index (χ3v) is 6.15. The standard InChI is InChI=1S/C21H25N3O3/c1-15-5-4-7-20-19(15)14-22-12-3-2-6-18(22)13-23(20)21(25)16-8-10-17(11-9-16)24(26)27/h4-5,7-11,15,18-19H,2-3,6,12-14H2,1H3. The average Bonchev–Trinajstić information content (AvgIpc) is 2.85. The maximum atomic E-state index is 13.3. The van der Waals surface area contributed by atoms with Crippen molar-refractivity contribution in [3.05, 3.63) is 63.9 Å². The minimum atomic E-state index is -0.438. The van der Waals surface area contributed by atoms with Crippen LogP contribution in [0.25, 0.3) is 0 Å². The number of hydrogen-bond acceptors (Lipinski definition) is 4. The number of piperidine rings is 1. The summed E-state index contributed by atoms with van der Waals surface area (Å²) in [6.45, 7) is 5.00. The molecule has 1 aromatic carbocycles. The molecule has 0 bridgehead atoms. The van der Waals surface area contributed by atoms with E-state index in [4.69, 9.17) is 0 Å². The zero-order valence-corrected chi connectivity index (χ0v) is 15.6. The maximum absolute atomic E-state index is 13.3. The van der Waals surface area contributed by atoms with Crippen LogP contribution in [0, 0.1) is 22.0 Å². The lowest BCUT2D eigenvalue weighted by Crippen LogP contribution is -2.45. The van der Waals surface area contributed by atoms with E-state index >= 15 is 0 Å². The molecule has 2 fully saturated rings. The maximum Gasteiger partial charge on any atom is 0.269 e. The number of carbonyl (C=O) groups excluding carboxylic acids is 1. The van der Waals surface area contributed by atoms with Gasteiger partial charge in [0, 0.05) is 48.4 Å². The van der Waals surface area contributed by atoms with E-state index in [9.17, 15) is 14.9 Å². The van der Waals surface area contributed by atoms with Crippen molar-refractivity contribution < 1.29 is 9.72 Å². The predicted molar refractivity (Wildman–Crippen MR) is 103 cm³/mol. The van der Waals surface area contributed by atoms with Gasteiger partial charge < -0.3 is 4.90 Å². The van der Waals surface area contributed by atoms with Crippen LogP contribution in [0.15, 0.2) is 48.2 Å². The number of rotatable bonds is 2. The van der Waals surface area contributed by atoms with Gasteiger partial charge in [0.2, 0.25) is 0 Å². The fraction of sp³-hybridized carbons (Fsp3) is 0.476. The van der Waals surface area contributed by atoms with Gasteiger partial charge in [-0.1, -0.05) is 25.5 Å². The molecule has 0 aromatic heterocycles. The van der Waals surface area contributed by atoms with Gasteiger partial charge in [0.25, 0.3) is 11.6 Å². The highest BCUT2D eigenvalue weighted by Gasteiger charge is 2.38. The average molecular weight is 367 g/mol. The first-order chi connectivity index (χ1) is 13.0. The number of amides is 1. The Kier molecular flexibility index (Phi) is 4.83. The molecule has 1 aromatic rings. The lowest BCUT2D eigenvalue weighted by Gasteiger charge is -2.35. The second kappa shape index (κ2) is 7.27. The van der Waals surface area contributed by atoms with Crippen molar-refractivity contribution in [2.75, 3.05) is 19.6 Å². The first kappa shape index (κ1) is 17.9. The molecule has 1 aliphatic carbocycles. The molecule has 27 heavy (non-hydrogen) atoms. The van der Waals surface area contributed by atoms with E-state index in [1.54, 1.807) is 12.1 Å². The van der Waals surface area contributed by atoms with Crippen LogP contribution >= 0.6 is 0 Å². The molecular weight excluding hydrogens is 342 g/mol. The molecule has 0 spiro atoms. The van der Waals surface area contributed by atoms with Gasteiger partial charge in [-0.3, -0.25) is 19.8 Å². The lowest BCUT2D eigenvalue weighted by atomic mass is 9.86. The Bertz CT molecular complexity index is 799. The van der Waals surface area contributed by atoms with Gasteiger partial charge in [0.05, 0.1) is 4.92 Å². The molecule has 2 heterocycles. The normalized spacial score (nSPS) is 28.0. The molecule has 0 saturated carbocycles. The number of non-ortho nitro benzene ring substituents is 1. The smallest absolute Gasteiger partial charge is 0.269 e. The Morgan fingerprint density at radius 3 is 2.70 bits per heavy atom. The Morgan fingerprint density at radius 1 is 1.19 bits per heavy atom. The van der Waals surface area contributed by atoms with Gasteiger partial charge in [-0.05, 0) is 43.5 Å². The number of nitro groups is 1. The first-order valence-electron chi connectivity index (χ1n) is 9.73. The SMILES string of the molecule is CC1C=CC=C2C1CN1CCCCC1CN2C(=O)c1ccc([N+](=O)[O-])cc1. The highest BCUT2D eigenvalue weighted by molar-refractivity contribution is 5.95. The molecule has 142 valence electrons. The molecular formula is C21H25N3O3. The summed E-state index contributed by atoms with van der Waals surface area (Å²) in [5, 5.41) is 10.9. The number of allylic oxidation sites excluding steroid dienone is 3. The van der Waals surface area contributed by atoms with Gasteiger partial charge in [0.1, 0.15) is 0 Å². The van der Waals surface area contributed by atoms with Crippen molar-refractivity contribution in [3.63, 3.8) is 0 Å². The molecule has 2 aliphatic heterocycles. The van der Waals surface area contributed by atoms with E-state index in [0.717, 1.165) is 25.2 Å². The van der Waals surface area contributed by atoms with Crippen molar-refractivity contribution in [1.82, 2.24) is 9.80 Å². The summed E-state index contributed by atoms with van der Waals surface area (Å²) in [4.78, 5) is 28.3. The highest BCUT2D eigenvalue weighted by Crippen LogP contribution is 2.36. The Balaban J connectivity index is 1.67. The van der Waals surface area contributed by atoms with Crippen LogP contribution in [0.2, 0.25) is 0 Å². The van der Waals surface area contributed by atoms with Crippen LogP contribution in [-0.2, 0) is 0 Å². The Hall–Kier alpha value is -2.47. The fourth-order valence-corrected chi connectivity index (χ4v) is 4.56. The van der Waals surface area contributed by atoms with E-state index in [1.165, 1.54) is 25.0 Å². The number of fused-ring (bicyclic) bond motifs is 2. The quantitative estimate of drug-likeness (QED) is 0.592. The molecule has 2 saturated heterocycles. The van der Waals surface area contributed by atoms with Crippen LogP contribution in [-0.4, -0.2) is 46.3 Å². The van der Waals surface area contributed by atoms with Crippen LogP contribution in [0.4, 0.5) is 5.69 Å². The summed E-state index contributed by atoms with van der Waals surface area (Å²) < 4.78 is 0. The van der Waals surface area contributed by atoms with E-state index in [-0.39, 0.29) is 11.6 Å². The second-order valence-corrected chi connectivity index (χ2v) is 7.81. The zero-order chi connectivity index (χ0) is 19.0. The summed E-state index contributed by atoms with van der Waals surface area (Å²) in [5.41, 5.74) is 1.60. The molecule has 3 atom stereocenters. The second-order valence-electron chi connectivity index (χ2n) is 7.81. The first-order valence-corrected chi connectivity index (χ1v) is 9.73. The van der Waals surface area contributed by atoms with E-state index in [1.807, 2.05) is 4.90 Å². The fourth-order valence-electron chi connectivity index (χ4n) is 4.56.